The summed E-state index contributed by atoms with van der Waals surface area (Å²) in [4.78, 5) is 14.0. The highest BCUT2D eigenvalue weighted by Gasteiger charge is 2.33. The minimum Gasteiger partial charge on any atom is -0.354 e. The lowest BCUT2D eigenvalue weighted by Crippen LogP contribution is -2.48. The Balaban J connectivity index is 1.81. The van der Waals surface area contributed by atoms with Gasteiger partial charge in [-0.25, -0.2) is 9.18 Å². The van der Waals surface area contributed by atoms with E-state index in [0.717, 1.165) is 5.56 Å². The van der Waals surface area contributed by atoms with Crippen molar-refractivity contribution in [2.24, 2.45) is 0 Å². The Kier molecular flexibility index (Phi) is 4.07. The normalized spacial score (nSPS) is 21.3. The van der Waals surface area contributed by atoms with Gasteiger partial charge in [-0.05, 0) is 26.7 Å². The van der Waals surface area contributed by atoms with Crippen molar-refractivity contribution in [1.82, 2.24) is 10.1 Å². The van der Waals surface area contributed by atoms with Crippen molar-refractivity contribution in [2.75, 3.05) is 18.4 Å². The summed E-state index contributed by atoms with van der Waals surface area (Å²) in [6.07, 6.45) is 1.15. The second-order valence-electron chi connectivity index (χ2n) is 6.21. The average Bonchev–Trinajstić information content (AvgIpc) is 2.88. The maximum absolute atomic E-state index is 14.1. The van der Waals surface area contributed by atoms with Crippen LogP contribution >= 0.6 is 0 Å². The zero-order chi connectivity index (χ0) is 16.4. The third-order valence-corrected chi connectivity index (χ3v) is 4.06. The molecule has 0 saturated carbocycles. The second kappa shape index (κ2) is 6.02. The van der Waals surface area contributed by atoms with E-state index < -0.39 is 5.67 Å². The van der Waals surface area contributed by atoms with E-state index in [1.807, 2.05) is 30.3 Å². The fourth-order valence-corrected chi connectivity index (χ4v) is 2.86. The van der Waals surface area contributed by atoms with Crippen molar-refractivity contribution in [3.63, 3.8) is 0 Å². The van der Waals surface area contributed by atoms with E-state index in [0.29, 0.717) is 36.5 Å². The van der Waals surface area contributed by atoms with Crippen LogP contribution in [0.1, 0.15) is 25.5 Å². The molecule has 122 valence electrons. The topological polar surface area (TPSA) is 58.4 Å². The second-order valence-corrected chi connectivity index (χ2v) is 6.21. The van der Waals surface area contributed by atoms with Crippen molar-refractivity contribution in [2.45, 2.75) is 32.4 Å². The number of likely N-dealkylation sites (tertiary alicyclic amines) is 1. The zero-order valence-corrected chi connectivity index (χ0v) is 13.3. The molecule has 0 bridgehead atoms. The summed E-state index contributed by atoms with van der Waals surface area (Å²) < 4.78 is 19.5. The monoisotopic (exact) mass is 317 g/mol. The first-order chi connectivity index (χ1) is 11.0. The van der Waals surface area contributed by atoms with Crippen LogP contribution in [0.2, 0.25) is 0 Å². The molecule has 2 amide bonds. The van der Waals surface area contributed by atoms with Gasteiger partial charge in [0, 0.05) is 12.1 Å². The van der Waals surface area contributed by atoms with Gasteiger partial charge in [0.25, 0.3) is 0 Å². The SMILES string of the molecule is Cc1noc(-c2ccccc2)c1NC(=O)N1CCCC(C)(F)C1. The number of benzene rings is 1. The molecule has 1 aromatic heterocycles. The Labute approximate surface area is 134 Å². The summed E-state index contributed by atoms with van der Waals surface area (Å²) >= 11 is 0. The van der Waals surface area contributed by atoms with Crippen molar-refractivity contribution in [1.29, 1.82) is 0 Å². The minimum atomic E-state index is -1.33. The Morgan fingerprint density at radius 2 is 2.13 bits per heavy atom. The van der Waals surface area contributed by atoms with Gasteiger partial charge in [-0.15, -0.1) is 0 Å². The summed E-state index contributed by atoms with van der Waals surface area (Å²) in [5, 5.41) is 6.77. The number of carbonyl (C=O) groups excluding carboxylic acids is 1. The van der Waals surface area contributed by atoms with Crippen LogP contribution in [-0.4, -0.2) is 34.8 Å². The van der Waals surface area contributed by atoms with Crippen LogP contribution in [0.4, 0.5) is 14.9 Å². The van der Waals surface area contributed by atoms with Crippen LogP contribution in [0, 0.1) is 6.92 Å². The van der Waals surface area contributed by atoms with E-state index in [-0.39, 0.29) is 12.6 Å². The largest absolute Gasteiger partial charge is 0.354 e. The molecular weight excluding hydrogens is 297 g/mol. The number of piperidine rings is 1. The molecule has 1 aliphatic rings. The van der Waals surface area contributed by atoms with Gasteiger partial charge in [-0.2, -0.15) is 0 Å². The van der Waals surface area contributed by atoms with E-state index in [9.17, 15) is 9.18 Å². The molecule has 1 aromatic carbocycles. The molecule has 6 heteroatoms. The predicted octanol–water partition coefficient (Wildman–Crippen LogP) is 4.01. The van der Waals surface area contributed by atoms with E-state index >= 15 is 0 Å². The Morgan fingerprint density at radius 1 is 1.39 bits per heavy atom. The molecule has 1 aliphatic heterocycles. The molecule has 1 unspecified atom stereocenters. The summed E-state index contributed by atoms with van der Waals surface area (Å²) in [7, 11) is 0. The molecule has 2 heterocycles. The van der Waals surface area contributed by atoms with Gasteiger partial charge in [0.1, 0.15) is 17.1 Å². The fraction of sp³-hybridized carbons (Fsp3) is 0.412. The number of hydrogen-bond donors (Lipinski definition) is 1. The molecule has 23 heavy (non-hydrogen) atoms. The first kappa shape index (κ1) is 15.5. The standard InChI is InChI=1S/C17H20FN3O2/c1-12-14(15(23-20-12)13-7-4-3-5-8-13)19-16(22)21-10-6-9-17(2,18)11-21/h3-5,7-8H,6,9-11H2,1-2H3,(H,19,22). The highest BCUT2D eigenvalue weighted by Crippen LogP contribution is 2.31. The molecule has 0 radical (unpaired) electrons. The van der Waals surface area contributed by atoms with Crippen LogP contribution in [-0.2, 0) is 0 Å². The van der Waals surface area contributed by atoms with Gasteiger partial charge in [-0.1, -0.05) is 35.5 Å². The maximum atomic E-state index is 14.1. The van der Waals surface area contributed by atoms with E-state index in [4.69, 9.17) is 4.52 Å². The number of carbonyl (C=O) groups is 1. The first-order valence-electron chi connectivity index (χ1n) is 7.73. The minimum absolute atomic E-state index is 0.101. The highest BCUT2D eigenvalue weighted by atomic mass is 19.1. The van der Waals surface area contributed by atoms with Gasteiger partial charge in [-0.3, -0.25) is 0 Å². The predicted molar refractivity (Wildman–Crippen MR) is 86.0 cm³/mol. The third-order valence-electron chi connectivity index (χ3n) is 4.06. The number of rotatable bonds is 2. The lowest BCUT2D eigenvalue weighted by Gasteiger charge is -2.35. The summed E-state index contributed by atoms with van der Waals surface area (Å²) in [5.74, 6) is 0.511. The van der Waals surface area contributed by atoms with Crippen molar-refractivity contribution in [3.05, 3.63) is 36.0 Å². The van der Waals surface area contributed by atoms with Gasteiger partial charge in [0.05, 0.1) is 6.54 Å². The fourth-order valence-electron chi connectivity index (χ4n) is 2.86. The van der Waals surface area contributed by atoms with Gasteiger partial charge >= 0.3 is 6.03 Å². The van der Waals surface area contributed by atoms with Crippen molar-refractivity contribution in [3.8, 4) is 11.3 Å². The number of nitrogens with zero attached hydrogens (tertiary/aromatic N) is 2. The summed E-state index contributed by atoms with van der Waals surface area (Å²) in [6.45, 7) is 3.95. The molecule has 1 fully saturated rings. The quantitative estimate of drug-likeness (QED) is 0.910. The number of anilines is 1. The Bertz CT molecular complexity index is 697. The van der Waals surface area contributed by atoms with Gasteiger partial charge in [0.2, 0.25) is 0 Å². The number of hydrogen-bond acceptors (Lipinski definition) is 3. The van der Waals surface area contributed by atoms with Crippen LogP contribution in [0.3, 0.4) is 0 Å². The first-order valence-corrected chi connectivity index (χ1v) is 7.73. The lowest BCUT2D eigenvalue weighted by molar-refractivity contribution is 0.0808. The number of aryl methyl sites for hydroxylation is 1. The van der Waals surface area contributed by atoms with E-state index in [1.54, 1.807) is 6.92 Å². The molecular formula is C17H20FN3O2. The zero-order valence-electron chi connectivity index (χ0n) is 13.3. The average molecular weight is 317 g/mol. The van der Waals surface area contributed by atoms with E-state index in [2.05, 4.69) is 10.5 Å². The molecule has 0 spiro atoms. The van der Waals surface area contributed by atoms with E-state index in [1.165, 1.54) is 11.8 Å². The summed E-state index contributed by atoms with van der Waals surface area (Å²) in [6, 6.07) is 9.12. The molecule has 1 atom stereocenters. The number of alkyl halides is 1. The van der Waals surface area contributed by atoms with Gasteiger partial charge < -0.3 is 14.7 Å². The molecule has 0 aliphatic carbocycles. The lowest BCUT2D eigenvalue weighted by atomic mass is 9.97. The third kappa shape index (κ3) is 3.36. The van der Waals surface area contributed by atoms with Gasteiger partial charge in [0.15, 0.2) is 5.76 Å². The smallest absolute Gasteiger partial charge is 0.322 e. The Hall–Kier alpha value is -2.37. The van der Waals surface area contributed by atoms with Crippen molar-refractivity contribution < 1.29 is 13.7 Å². The molecule has 3 rings (SSSR count). The summed E-state index contributed by atoms with van der Waals surface area (Å²) in [5.41, 5.74) is 0.628. The number of aromatic nitrogens is 1. The number of urea groups is 1. The van der Waals surface area contributed by atoms with Crippen LogP contribution in [0.25, 0.3) is 11.3 Å². The number of nitrogens with one attached hydrogen (secondary N) is 1. The molecule has 5 nitrogen and oxygen atoms in total. The number of amides is 2. The maximum Gasteiger partial charge on any atom is 0.322 e. The highest BCUT2D eigenvalue weighted by molar-refractivity contribution is 5.94. The molecule has 2 aromatic rings. The van der Waals surface area contributed by atoms with Crippen LogP contribution < -0.4 is 5.32 Å². The molecule has 1 N–H and O–H groups in total. The Morgan fingerprint density at radius 3 is 2.83 bits per heavy atom. The molecule has 1 saturated heterocycles. The number of halogens is 1. The van der Waals surface area contributed by atoms with Crippen LogP contribution in [0.15, 0.2) is 34.9 Å². The van der Waals surface area contributed by atoms with Crippen molar-refractivity contribution >= 4 is 11.7 Å². The van der Waals surface area contributed by atoms with Crippen LogP contribution in [0.5, 0.6) is 0 Å².